The number of piperazine rings is 1. The summed E-state index contributed by atoms with van der Waals surface area (Å²) in [6.45, 7) is 4.80. The number of pyridine rings is 1. The second kappa shape index (κ2) is 7.35. The van der Waals surface area contributed by atoms with Crippen LogP contribution in [0.5, 0.6) is 0 Å². The van der Waals surface area contributed by atoms with E-state index in [4.69, 9.17) is 0 Å². The van der Waals surface area contributed by atoms with Gasteiger partial charge in [-0.25, -0.2) is 4.98 Å². The Kier molecular flexibility index (Phi) is 5.39. The second-order valence-electron chi connectivity index (χ2n) is 6.67. The van der Waals surface area contributed by atoms with Gasteiger partial charge in [-0.15, -0.1) is 0 Å². The van der Waals surface area contributed by atoms with Gasteiger partial charge in [-0.2, -0.15) is 17.0 Å². The Hall–Kier alpha value is -1.22. The molecule has 0 amide bonds. The Morgan fingerprint density at radius 2 is 1.67 bits per heavy atom. The van der Waals surface area contributed by atoms with Crippen LogP contribution in [0.3, 0.4) is 0 Å². The fraction of sp³-hybridized carbons (Fsp3) is 0.688. The standard InChI is InChI=1S/C16H27N5O2S/c1-18(2)16-15(6-5-7-17-16)14-19-10-12-21(13-11-19)24(22,23)20-8-3-4-9-20/h5-7H,3-4,8-14H2,1-2H3. The highest BCUT2D eigenvalue weighted by molar-refractivity contribution is 7.86. The van der Waals surface area contributed by atoms with Gasteiger partial charge in [-0.1, -0.05) is 6.07 Å². The Balaban J connectivity index is 1.60. The molecular weight excluding hydrogens is 326 g/mol. The Morgan fingerprint density at radius 3 is 2.29 bits per heavy atom. The minimum atomic E-state index is -3.26. The highest BCUT2D eigenvalue weighted by Crippen LogP contribution is 2.21. The third-order valence-corrected chi connectivity index (χ3v) is 6.77. The van der Waals surface area contributed by atoms with Crippen LogP contribution < -0.4 is 4.90 Å². The highest BCUT2D eigenvalue weighted by atomic mass is 32.2. The quantitative estimate of drug-likeness (QED) is 0.776. The van der Waals surface area contributed by atoms with Gasteiger partial charge in [-0.05, 0) is 18.9 Å². The van der Waals surface area contributed by atoms with Crippen LogP contribution >= 0.6 is 0 Å². The number of aromatic nitrogens is 1. The van der Waals surface area contributed by atoms with Crippen LogP contribution in [0.25, 0.3) is 0 Å². The Bertz CT molecular complexity index is 650. The van der Waals surface area contributed by atoms with Crippen molar-refractivity contribution < 1.29 is 8.42 Å². The topological polar surface area (TPSA) is 60.0 Å². The lowest BCUT2D eigenvalue weighted by Gasteiger charge is -2.36. The van der Waals surface area contributed by atoms with Crippen molar-refractivity contribution in [2.24, 2.45) is 0 Å². The highest BCUT2D eigenvalue weighted by Gasteiger charge is 2.33. The molecule has 24 heavy (non-hydrogen) atoms. The van der Waals surface area contributed by atoms with E-state index in [9.17, 15) is 8.42 Å². The average molecular weight is 353 g/mol. The fourth-order valence-electron chi connectivity index (χ4n) is 3.40. The molecular formula is C16H27N5O2S. The number of anilines is 1. The predicted molar refractivity (Wildman–Crippen MR) is 95.1 cm³/mol. The van der Waals surface area contributed by atoms with Gasteiger partial charge in [0.25, 0.3) is 10.2 Å². The summed E-state index contributed by atoms with van der Waals surface area (Å²) in [4.78, 5) is 8.76. The summed E-state index contributed by atoms with van der Waals surface area (Å²) < 4.78 is 28.5. The summed E-state index contributed by atoms with van der Waals surface area (Å²) in [5.74, 6) is 0.976. The molecule has 1 aromatic rings. The first-order chi connectivity index (χ1) is 11.5. The number of nitrogens with zero attached hydrogens (tertiary/aromatic N) is 5. The lowest BCUT2D eigenvalue weighted by molar-refractivity contribution is 0.176. The normalized spacial score (nSPS) is 21.2. The SMILES string of the molecule is CN(C)c1ncccc1CN1CCN(S(=O)(=O)N2CCCC2)CC1. The molecule has 0 unspecified atom stereocenters. The first-order valence-electron chi connectivity index (χ1n) is 8.57. The third-order valence-electron chi connectivity index (χ3n) is 4.73. The van der Waals surface area contributed by atoms with Crippen molar-refractivity contribution in [3.05, 3.63) is 23.9 Å². The van der Waals surface area contributed by atoms with Crippen LogP contribution in [-0.4, -0.2) is 80.3 Å². The van der Waals surface area contributed by atoms with E-state index >= 15 is 0 Å². The summed E-state index contributed by atoms with van der Waals surface area (Å²) in [5, 5.41) is 0. The molecule has 2 saturated heterocycles. The first kappa shape index (κ1) is 17.6. The van der Waals surface area contributed by atoms with Crippen molar-refractivity contribution in [1.29, 1.82) is 0 Å². The summed E-state index contributed by atoms with van der Waals surface area (Å²) in [6, 6.07) is 4.05. The summed E-state index contributed by atoms with van der Waals surface area (Å²) >= 11 is 0. The zero-order chi connectivity index (χ0) is 17.2. The molecule has 1 aromatic heterocycles. The fourth-order valence-corrected chi connectivity index (χ4v) is 5.07. The van der Waals surface area contributed by atoms with Crippen LogP contribution in [0.1, 0.15) is 18.4 Å². The summed E-state index contributed by atoms with van der Waals surface area (Å²) in [7, 11) is 0.725. The van der Waals surface area contributed by atoms with E-state index in [1.165, 1.54) is 5.56 Å². The molecule has 0 aliphatic carbocycles. The molecule has 0 N–H and O–H groups in total. The molecule has 0 radical (unpaired) electrons. The molecule has 2 aliphatic heterocycles. The van der Waals surface area contributed by atoms with Crippen LogP contribution in [0.15, 0.2) is 18.3 Å². The Morgan fingerprint density at radius 1 is 1.04 bits per heavy atom. The van der Waals surface area contributed by atoms with Crippen LogP contribution in [0.4, 0.5) is 5.82 Å². The first-order valence-corrected chi connectivity index (χ1v) is 9.97. The van der Waals surface area contributed by atoms with Gasteiger partial charge in [-0.3, -0.25) is 4.90 Å². The average Bonchev–Trinajstić information content (AvgIpc) is 3.11. The van der Waals surface area contributed by atoms with E-state index in [1.807, 2.05) is 25.1 Å². The molecule has 0 spiro atoms. The summed E-state index contributed by atoms with van der Waals surface area (Å²) in [5.41, 5.74) is 1.18. The molecule has 0 atom stereocenters. The number of hydrogen-bond donors (Lipinski definition) is 0. The molecule has 2 fully saturated rings. The number of rotatable bonds is 5. The van der Waals surface area contributed by atoms with E-state index in [0.29, 0.717) is 26.2 Å². The van der Waals surface area contributed by atoms with E-state index in [0.717, 1.165) is 38.3 Å². The molecule has 134 valence electrons. The molecule has 8 heteroatoms. The van der Waals surface area contributed by atoms with Crippen molar-refractivity contribution in [2.45, 2.75) is 19.4 Å². The minimum Gasteiger partial charge on any atom is -0.362 e. The summed E-state index contributed by atoms with van der Waals surface area (Å²) in [6.07, 6.45) is 3.76. The molecule has 2 aliphatic rings. The van der Waals surface area contributed by atoms with E-state index < -0.39 is 10.2 Å². The van der Waals surface area contributed by atoms with E-state index in [1.54, 1.807) is 14.8 Å². The lowest BCUT2D eigenvalue weighted by Crippen LogP contribution is -2.52. The van der Waals surface area contributed by atoms with Gasteiger partial charge in [0, 0.05) is 71.7 Å². The second-order valence-corrected chi connectivity index (χ2v) is 8.60. The van der Waals surface area contributed by atoms with Crippen LogP contribution in [0, 0.1) is 0 Å². The van der Waals surface area contributed by atoms with Crippen molar-refractivity contribution in [3.63, 3.8) is 0 Å². The van der Waals surface area contributed by atoms with Gasteiger partial charge >= 0.3 is 0 Å². The van der Waals surface area contributed by atoms with Crippen molar-refractivity contribution >= 4 is 16.0 Å². The van der Waals surface area contributed by atoms with Crippen LogP contribution in [0.2, 0.25) is 0 Å². The maximum atomic E-state index is 12.6. The van der Waals surface area contributed by atoms with Crippen molar-refractivity contribution in [2.75, 3.05) is 58.3 Å². The van der Waals surface area contributed by atoms with Crippen molar-refractivity contribution in [1.82, 2.24) is 18.5 Å². The number of hydrogen-bond acceptors (Lipinski definition) is 5. The van der Waals surface area contributed by atoms with Gasteiger partial charge < -0.3 is 4.90 Å². The zero-order valence-corrected chi connectivity index (χ0v) is 15.4. The smallest absolute Gasteiger partial charge is 0.282 e. The lowest BCUT2D eigenvalue weighted by atomic mass is 10.2. The maximum Gasteiger partial charge on any atom is 0.282 e. The molecule has 7 nitrogen and oxygen atoms in total. The third kappa shape index (κ3) is 3.72. The Labute approximate surface area is 145 Å². The monoisotopic (exact) mass is 353 g/mol. The largest absolute Gasteiger partial charge is 0.362 e. The molecule has 0 bridgehead atoms. The van der Waals surface area contributed by atoms with Gasteiger partial charge in [0.1, 0.15) is 5.82 Å². The van der Waals surface area contributed by atoms with Gasteiger partial charge in [0.15, 0.2) is 0 Å². The molecule has 3 heterocycles. The zero-order valence-electron chi connectivity index (χ0n) is 14.6. The van der Waals surface area contributed by atoms with Gasteiger partial charge in [0.2, 0.25) is 0 Å². The maximum absolute atomic E-state index is 12.6. The van der Waals surface area contributed by atoms with Gasteiger partial charge in [0.05, 0.1) is 0 Å². The molecule has 0 saturated carbocycles. The predicted octanol–water partition coefficient (Wildman–Crippen LogP) is 0.606. The molecule has 3 rings (SSSR count). The van der Waals surface area contributed by atoms with Crippen molar-refractivity contribution in [3.8, 4) is 0 Å². The van der Waals surface area contributed by atoms with Crippen LogP contribution in [-0.2, 0) is 16.8 Å². The van der Waals surface area contributed by atoms with E-state index in [-0.39, 0.29) is 0 Å². The minimum absolute atomic E-state index is 0.566. The molecule has 0 aromatic carbocycles. The van der Waals surface area contributed by atoms with E-state index in [2.05, 4.69) is 16.0 Å².